The average Bonchev–Trinajstić information content (AvgIpc) is 3.10. The largest absolute Gasteiger partial charge is 0.473 e. The number of nitro benzene ring substituents is 1. The molecule has 0 bridgehead atoms. The predicted molar refractivity (Wildman–Crippen MR) is 96.7 cm³/mol. The summed E-state index contributed by atoms with van der Waals surface area (Å²) >= 11 is 7.57. The zero-order valence-corrected chi connectivity index (χ0v) is 14.5. The number of hydrogen-bond acceptors (Lipinski definition) is 6. The predicted octanol–water partition coefficient (Wildman–Crippen LogP) is 3.78. The Hall–Kier alpha value is -2.32. The van der Waals surface area contributed by atoms with Crippen molar-refractivity contribution in [3.63, 3.8) is 0 Å². The standard InChI is InChI=1S/C16H14ClN3O4S/c17-13-4-3-10(8-14(13)20(22)23)19-15(21)12-2-1-6-18-16(12)24-11-5-7-25-9-11/h1-4,6,8,11H,5,7,9H2,(H,19,21). The van der Waals surface area contributed by atoms with Gasteiger partial charge >= 0.3 is 0 Å². The molecule has 130 valence electrons. The highest BCUT2D eigenvalue weighted by molar-refractivity contribution is 7.99. The molecule has 1 atom stereocenters. The molecule has 1 N–H and O–H groups in total. The van der Waals surface area contributed by atoms with E-state index in [9.17, 15) is 14.9 Å². The lowest BCUT2D eigenvalue weighted by atomic mass is 10.2. The molecule has 1 fully saturated rings. The summed E-state index contributed by atoms with van der Waals surface area (Å²) in [5, 5.41) is 13.6. The second kappa shape index (κ2) is 7.71. The molecule has 2 heterocycles. The highest BCUT2D eigenvalue weighted by Crippen LogP contribution is 2.28. The van der Waals surface area contributed by atoms with Crippen molar-refractivity contribution in [2.45, 2.75) is 12.5 Å². The fourth-order valence-electron chi connectivity index (χ4n) is 2.35. The molecule has 3 rings (SSSR count). The van der Waals surface area contributed by atoms with Gasteiger partial charge in [0.05, 0.1) is 4.92 Å². The maximum Gasteiger partial charge on any atom is 0.289 e. The fraction of sp³-hybridized carbons (Fsp3) is 0.250. The third kappa shape index (κ3) is 4.21. The van der Waals surface area contributed by atoms with Gasteiger partial charge in [-0.1, -0.05) is 11.6 Å². The Kier molecular flexibility index (Phi) is 5.40. The summed E-state index contributed by atoms with van der Waals surface area (Å²) in [4.78, 5) is 27.0. The van der Waals surface area contributed by atoms with E-state index in [-0.39, 0.29) is 33.9 Å². The monoisotopic (exact) mass is 379 g/mol. The second-order valence-electron chi connectivity index (χ2n) is 5.34. The maximum absolute atomic E-state index is 12.5. The van der Waals surface area contributed by atoms with Crippen LogP contribution in [0.5, 0.6) is 5.88 Å². The number of aromatic nitrogens is 1. The van der Waals surface area contributed by atoms with E-state index in [0.29, 0.717) is 0 Å². The van der Waals surface area contributed by atoms with Gasteiger partial charge in [-0.05, 0) is 36.4 Å². The molecule has 9 heteroatoms. The first-order chi connectivity index (χ1) is 12.0. The highest BCUT2D eigenvalue weighted by Gasteiger charge is 2.22. The van der Waals surface area contributed by atoms with Crippen molar-refractivity contribution in [2.75, 3.05) is 16.8 Å². The Morgan fingerprint density at radius 2 is 2.28 bits per heavy atom. The van der Waals surface area contributed by atoms with Crippen LogP contribution < -0.4 is 10.1 Å². The molecule has 1 unspecified atom stereocenters. The summed E-state index contributed by atoms with van der Waals surface area (Å²) in [7, 11) is 0. The number of ether oxygens (including phenoxy) is 1. The molecule has 0 aliphatic carbocycles. The number of halogens is 1. The second-order valence-corrected chi connectivity index (χ2v) is 6.89. The molecule has 1 aromatic carbocycles. The van der Waals surface area contributed by atoms with Crippen LogP contribution in [0.15, 0.2) is 36.5 Å². The van der Waals surface area contributed by atoms with Crippen LogP contribution in [0.25, 0.3) is 0 Å². The number of carbonyl (C=O) groups is 1. The Morgan fingerprint density at radius 1 is 1.44 bits per heavy atom. The van der Waals surface area contributed by atoms with Gasteiger partial charge < -0.3 is 10.1 Å². The number of nitro groups is 1. The van der Waals surface area contributed by atoms with Gasteiger partial charge in [0.2, 0.25) is 5.88 Å². The van der Waals surface area contributed by atoms with Crippen molar-refractivity contribution in [1.82, 2.24) is 4.98 Å². The van der Waals surface area contributed by atoms with Gasteiger partial charge in [0, 0.05) is 23.7 Å². The highest BCUT2D eigenvalue weighted by atomic mass is 35.5. The number of carbonyl (C=O) groups excluding carboxylic acids is 1. The minimum atomic E-state index is -0.603. The fourth-order valence-corrected chi connectivity index (χ4v) is 3.63. The molecule has 0 radical (unpaired) electrons. The van der Waals surface area contributed by atoms with Gasteiger partial charge in [0.15, 0.2) is 0 Å². The number of thioether (sulfide) groups is 1. The lowest BCUT2D eigenvalue weighted by Gasteiger charge is -2.14. The summed E-state index contributed by atoms with van der Waals surface area (Å²) in [6.45, 7) is 0. The van der Waals surface area contributed by atoms with Gasteiger partial charge in [-0.3, -0.25) is 14.9 Å². The quantitative estimate of drug-likeness (QED) is 0.627. The number of hydrogen-bond donors (Lipinski definition) is 1. The van der Waals surface area contributed by atoms with Crippen molar-refractivity contribution >= 4 is 40.6 Å². The number of pyridine rings is 1. The van der Waals surface area contributed by atoms with Crippen LogP contribution in [0, 0.1) is 10.1 Å². The average molecular weight is 380 g/mol. The lowest BCUT2D eigenvalue weighted by Crippen LogP contribution is -2.20. The van der Waals surface area contributed by atoms with Crippen molar-refractivity contribution in [3.8, 4) is 5.88 Å². The van der Waals surface area contributed by atoms with Crippen molar-refractivity contribution in [1.29, 1.82) is 0 Å². The first-order valence-electron chi connectivity index (χ1n) is 7.49. The van der Waals surface area contributed by atoms with Crippen LogP contribution in [-0.2, 0) is 0 Å². The van der Waals surface area contributed by atoms with E-state index in [2.05, 4.69) is 10.3 Å². The summed E-state index contributed by atoms with van der Waals surface area (Å²) in [5.74, 6) is 1.69. The van der Waals surface area contributed by atoms with Crippen LogP contribution in [0.1, 0.15) is 16.8 Å². The number of amides is 1. The van der Waals surface area contributed by atoms with Crippen LogP contribution in [0.4, 0.5) is 11.4 Å². The molecule has 1 aliphatic heterocycles. The molecule has 1 amide bonds. The summed E-state index contributed by atoms with van der Waals surface area (Å²) in [5.41, 5.74) is 0.273. The van der Waals surface area contributed by atoms with Crippen LogP contribution in [-0.4, -0.2) is 33.4 Å². The van der Waals surface area contributed by atoms with Crippen molar-refractivity contribution < 1.29 is 14.5 Å². The Morgan fingerprint density at radius 3 is 3.00 bits per heavy atom. The summed E-state index contributed by atoms with van der Waals surface area (Å²) < 4.78 is 5.82. The van der Waals surface area contributed by atoms with Gasteiger partial charge in [-0.15, -0.1) is 0 Å². The van der Waals surface area contributed by atoms with Gasteiger partial charge in [-0.2, -0.15) is 11.8 Å². The van der Waals surface area contributed by atoms with E-state index in [1.807, 2.05) is 0 Å². The number of benzene rings is 1. The van der Waals surface area contributed by atoms with E-state index in [1.165, 1.54) is 18.2 Å². The SMILES string of the molecule is O=C(Nc1ccc(Cl)c([N+](=O)[O-])c1)c1cccnc1OC1CCSC1. The molecule has 0 spiro atoms. The molecule has 25 heavy (non-hydrogen) atoms. The number of nitrogens with one attached hydrogen (secondary N) is 1. The maximum atomic E-state index is 12.5. The number of nitrogens with zero attached hydrogens (tertiary/aromatic N) is 2. The third-order valence-corrected chi connectivity index (χ3v) is 5.03. The molecule has 1 aromatic heterocycles. The van der Waals surface area contributed by atoms with Crippen LogP contribution >= 0.6 is 23.4 Å². The smallest absolute Gasteiger partial charge is 0.289 e. The van der Waals surface area contributed by atoms with Gasteiger partial charge in [-0.25, -0.2) is 4.98 Å². The van der Waals surface area contributed by atoms with E-state index in [4.69, 9.17) is 16.3 Å². The first-order valence-corrected chi connectivity index (χ1v) is 9.02. The van der Waals surface area contributed by atoms with E-state index < -0.39 is 10.8 Å². The normalized spacial score (nSPS) is 16.4. The molecular weight excluding hydrogens is 366 g/mol. The number of rotatable bonds is 5. The first kappa shape index (κ1) is 17.5. The molecule has 7 nitrogen and oxygen atoms in total. The Bertz CT molecular complexity index is 812. The van der Waals surface area contributed by atoms with E-state index in [0.717, 1.165) is 17.9 Å². The minimum Gasteiger partial charge on any atom is -0.473 e. The third-order valence-electron chi connectivity index (χ3n) is 3.58. The van der Waals surface area contributed by atoms with E-state index in [1.54, 1.807) is 30.1 Å². The molecule has 1 saturated heterocycles. The summed E-state index contributed by atoms with van der Waals surface area (Å²) in [6, 6.07) is 7.31. The zero-order chi connectivity index (χ0) is 17.8. The zero-order valence-electron chi connectivity index (χ0n) is 13.0. The lowest BCUT2D eigenvalue weighted by molar-refractivity contribution is -0.384. The van der Waals surface area contributed by atoms with Crippen LogP contribution in [0.3, 0.4) is 0 Å². The molecular formula is C16H14ClN3O4S. The van der Waals surface area contributed by atoms with Crippen molar-refractivity contribution in [3.05, 3.63) is 57.2 Å². The summed E-state index contributed by atoms with van der Waals surface area (Å²) in [6.07, 6.45) is 2.50. The van der Waals surface area contributed by atoms with E-state index >= 15 is 0 Å². The topological polar surface area (TPSA) is 94.4 Å². The minimum absolute atomic E-state index is 0.00660. The van der Waals surface area contributed by atoms with Crippen molar-refractivity contribution in [2.24, 2.45) is 0 Å². The number of anilines is 1. The van der Waals surface area contributed by atoms with Crippen LogP contribution in [0.2, 0.25) is 5.02 Å². The molecule has 1 aliphatic rings. The van der Waals surface area contributed by atoms with Gasteiger partial charge in [0.1, 0.15) is 16.7 Å². The Balaban J connectivity index is 1.79. The Labute approximate surface area is 152 Å². The van der Waals surface area contributed by atoms with Gasteiger partial charge in [0.25, 0.3) is 11.6 Å². The molecule has 2 aromatic rings. The molecule has 0 saturated carbocycles.